The number of anilines is 1. The van der Waals surface area contributed by atoms with E-state index in [0.29, 0.717) is 22.2 Å². The topological polar surface area (TPSA) is 66.8 Å². The highest BCUT2D eigenvalue weighted by Gasteiger charge is 2.36. The molecule has 1 aliphatic rings. The third-order valence-corrected chi connectivity index (χ3v) is 7.68. The zero-order valence-corrected chi connectivity index (χ0v) is 18.8. The summed E-state index contributed by atoms with van der Waals surface area (Å²) in [7, 11) is -3.81. The van der Waals surface area contributed by atoms with Crippen molar-refractivity contribution in [1.82, 2.24) is 0 Å². The molecule has 1 aliphatic heterocycles. The normalized spacial score (nSPS) is 15.2. The molecule has 4 aromatic rings. The van der Waals surface area contributed by atoms with Crippen molar-refractivity contribution in [3.05, 3.63) is 108 Å². The molecule has 1 heterocycles. The van der Waals surface area contributed by atoms with Crippen LogP contribution in [0, 0.1) is 11.6 Å². The first-order valence-corrected chi connectivity index (χ1v) is 12.1. The van der Waals surface area contributed by atoms with Crippen LogP contribution in [0.15, 0.2) is 89.8 Å². The van der Waals surface area contributed by atoms with Gasteiger partial charge in [0, 0.05) is 5.39 Å². The van der Waals surface area contributed by atoms with Crippen LogP contribution in [0.4, 0.5) is 14.5 Å². The first-order valence-electron chi connectivity index (χ1n) is 10.7. The number of β-amino-alcohol motifs (C(OH)–C–C–N with tert-alkyl or cyclic N) is 1. The van der Waals surface area contributed by atoms with E-state index < -0.39 is 33.9 Å². The van der Waals surface area contributed by atoms with Crippen LogP contribution in [0.3, 0.4) is 0 Å². The minimum atomic E-state index is -3.81. The second-order valence-electron chi connectivity index (χ2n) is 8.14. The Morgan fingerprint density at radius 3 is 1.97 bits per heavy atom. The third kappa shape index (κ3) is 4.04. The summed E-state index contributed by atoms with van der Waals surface area (Å²) in [4.78, 5) is 0.212. The van der Waals surface area contributed by atoms with Crippen LogP contribution < -0.4 is 4.31 Å². The SMILES string of the molecule is O=S1(=O)c2cccc3cccc(c23)N1CC(O)COC(c1ccc(F)cc1)c1ccc(F)cc1. The molecule has 0 saturated carbocycles. The van der Waals surface area contributed by atoms with Crippen molar-refractivity contribution >= 4 is 26.5 Å². The van der Waals surface area contributed by atoms with Gasteiger partial charge >= 0.3 is 0 Å². The molecule has 0 aromatic heterocycles. The van der Waals surface area contributed by atoms with Gasteiger partial charge in [0.15, 0.2) is 0 Å². The van der Waals surface area contributed by atoms with Gasteiger partial charge in [0.25, 0.3) is 10.0 Å². The zero-order valence-electron chi connectivity index (χ0n) is 17.9. The summed E-state index contributed by atoms with van der Waals surface area (Å²) in [5, 5.41) is 12.2. The third-order valence-electron chi connectivity index (χ3n) is 5.86. The molecule has 8 heteroatoms. The standard InChI is InChI=1S/C26H21F2NO4S/c27-20-11-7-18(8-12-20)26(19-9-13-21(28)14-10-19)33-16-22(30)15-29-23-5-1-3-17-4-2-6-24(25(17)23)34(29,31)32/h1-14,22,26,30H,15-16H2. The predicted octanol–water partition coefficient (Wildman–Crippen LogP) is 4.79. The van der Waals surface area contributed by atoms with Crippen LogP contribution in [0.2, 0.25) is 0 Å². The average Bonchev–Trinajstić information content (AvgIpc) is 3.04. The molecule has 1 unspecified atom stereocenters. The van der Waals surface area contributed by atoms with Gasteiger partial charge in [-0.2, -0.15) is 0 Å². The highest BCUT2D eigenvalue weighted by molar-refractivity contribution is 7.93. The number of nitrogens with zero attached hydrogens (tertiary/aromatic N) is 1. The number of ether oxygens (including phenoxy) is 1. The molecular formula is C26H21F2NO4S. The average molecular weight is 482 g/mol. The van der Waals surface area contributed by atoms with Gasteiger partial charge in [-0.15, -0.1) is 0 Å². The van der Waals surface area contributed by atoms with E-state index in [9.17, 15) is 22.3 Å². The Morgan fingerprint density at radius 1 is 0.824 bits per heavy atom. The Bertz CT molecular complexity index is 1390. The van der Waals surface area contributed by atoms with Crippen molar-refractivity contribution in [1.29, 1.82) is 0 Å². The molecule has 0 radical (unpaired) electrons. The molecule has 0 spiro atoms. The smallest absolute Gasteiger partial charge is 0.265 e. The van der Waals surface area contributed by atoms with E-state index in [-0.39, 0.29) is 18.0 Å². The lowest BCUT2D eigenvalue weighted by Crippen LogP contribution is -2.37. The van der Waals surface area contributed by atoms with E-state index in [1.165, 1.54) is 28.6 Å². The quantitative estimate of drug-likeness (QED) is 0.412. The predicted molar refractivity (Wildman–Crippen MR) is 125 cm³/mol. The molecule has 5 nitrogen and oxygen atoms in total. The van der Waals surface area contributed by atoms with Crippen molar-refractivity contribution in [2.24, 2.45) is 0 Å². The molecule has 0 aliphatic carbocycles. The molecule has 0 amide bonds. The molecule has 0 saturated heterocycles. The summed E-state index contributed by atoms with van der Waals surface area (Å²) in [6.45, 7) is -0.395. The fraction of sp³-hybridized carbons (Fsp3) is 0.154. The second-order valence-corrected chi connectivity index (χ2v) is 9.97. The summed E-state index contributed by atoms with van der Waals surface area (Å²) in [6, 6.07) is 21.8. The van der Waals surface area contributed by atoms with Crippen molar-refractivity contribution in [3.8, 4) is 0 Å². The number of aliphatic hydroxyl groups is 1. The van der Waals surface area contributed by atoms with E-state index in [4.69, 9.17) is 4.74 Å². The first-order chi connectivity index (χ1) is 16.3. The Labute approximate surface area is 195 Å². The van der Waals surface area contributed by atoms with Crippen LogP contribution >= 0.6 is 0 Å². The number of rotatable bonds is 7. The number of benzene rings is 4. The Balaban J connectivity index is 1.37. The fourth-order valence-corrected chi connectivity index (χ4v) is 6.01. The van der Waals surface area contributed by atoms with Crippen LogP contribution in [0.25, 0.3) is 10.8 Å². The fourth-order valence-electron chi connectivity index (χ4n) is 4.27. The second kappa shape index (κ2) is 8.79. The Morgan fingerprint density at radius 2 is 1.38 bits per heavy atom. The van der Waals surface area contributed by atoms with Crippen molar-refractivity contribution in [2.45, 2.75) is 17.1 Å². The molecule has 1 atom stereocenters. The van der Waals surface area contributed by atoms with E-state index >= 15 is 0 Å². The van der Waals surface area contributed by atoms with Gasteiger partial charge in [-0.1, -0.05) is 48.5 Å². The van der Waals surface area contributed by atoms with E-state index in [2.05, 4.69) is 0 Å². The molecule has 0 bridgehead atoms. The zero-order chi connectivity index (χ0) is 23.9. The van der Waals surface area contributed by atoms with Gasteiger partial charge in [0.2, 0.25) is 0 Å². The molecule has 0 fully saturated rings. The van der Waals surface area contributed by atoms with Crippen LogP contribution in [0.5, 0.6) is 0 Å². The number of sulfonamides is 1. The molecular weight excluding hydrogens is 460 g/mol. The maximum atomic E-state index is 13.4. The van der Waals surface area contributed by atoms with Gasteiger partial charge < -0.3 is 9.84 Å². The van der Waals surface area contributed by atoms with Crippen molar-refractivity contribution < 1.29 is 27.0 Å². The minimum absolute atomic E-state index is 0.197. The van der Waals surface area contributed by atoms with E-state index in [0.717, 1.165) is 5.39 Å². The number of hydrogen-bond donors (Lipinski definition) is 1. The summed E-state index contributed by atoms with van der Waals surface area (Å²) in [5.74, 6) is -0.816. The summed E-state index contributed by atoms with van der Waals surface area (Å²) < 4.78 is 60.3. The maximum absolute atomic E-state index is 13.4. The Kier molecular flexibility index (Phi) is 5.81. The maximum Gasteiger partial charge on any atom is 0.265 e. The summed E-state index contributed by atoms with van der Waals surface area (Å²) >= 11 is 0. The van der Waals surface area contributed by atoms with Gasteiger partial charge in [0.05, 0.1) is 29.8 Å². The van der Waals surface area contributed by atoms with E-state index in [1.807, 2.05) is 12.1 Å². The van der Waals surface area contributed by atoms with Crippen LogP contribution in [-0.2, 0) is 14.8 Å². The first kappa shape index (κ1) is 22.5. The van der Waals surface area contributed by atoms with Crippen molar-refractivity contribution in [3.63, 3.8) is 0 Å². The van der Waals surface area contributed by atoms with Gasteiger partial charge in [0.1, 0.15) is 17.7 Å². The molecule has 4 aromatic carbocycles. The summed E-state index contributed by atoms with van der Waals surface area (Å²) in [5.41, 5.74) is 1.75. The lowest BCUT2D eigenvalue weighted by atomic mass is 10.0. The van der Waals surface area contributed by atoms with E-state index in [1.54, 1.807) is 48.5 Å². The Hall–Kier alpha value is -3.33. The summed E-state index contributed by atoms with van der Waals surface area (Å²) in [6.07, 6.45) is -1.85. The molecule has 1 N–H and O–H groups in total. The minimum Gasteiger partial charge on any atom is -0.389 e. The van der Waals surface area contributed by atoms with Gasteiger partial charge in [-0.05, 0) is 52.9 Å². The molecule has 34 heavy (non-hydrogen) atoms. The number of halogens is 2. The van der Waals surface area contributed by atoms with Crippen LogP contribution in [-0.4, -0.2) is 32.8 Å². The number of aliphatic hydroxyl groups excluding tert-OH is 1. The number of hydrogen-bond acceptors (Lipinski definition) is 4. The van der Waals surface area contributed by atoms with Crippen LogP contribution in [0.1, 0.15) is 17.2 Å². The lowest BCUT2D eigenvalue weighted by molar-refractivity contribution is 0.0103. The lowest BCUT2D eigenvalue weighted by Gasteiger charge is -2.25. The monoisotopic (exact) mass is 481 g/mol. The van der Waals surface area contributed by atoms with Gasteiger partial charge in [-0.25, -0.2) is 17.2 Å². The highest BCUT2D eigenvalue weighted by atomic mass is 32.2. The van der Waals surface area contributed by atoms with Gasteiger partial charge in [-0.3, -0.25) is 4.31 Å². The largest absolute Gasteiger partial charge is 0.389 e. The highest BCUT2D eigenvalue weighted by Crippen LogP contribution is 2.42. The van der Waals surface area contributed by atoms with Crippen molar-refractivity contribution in [2.75, 3.05) is 17.5 Å². The molecule has 174 valence electrons. The molecule has 5 rings (SSSR count).